The first-order valence-electron chi connectivity index (χ1n) is 7.87. The highest BCUT2D eigenvalue weighted by atomic mass is 32.2. The molecule has 0 saturated carbocycles. The Morgan fingerprint density at radius 2 is 1.96 bits per heavy atom. The lowest BCUT2D eigenvalue weighted by Gasteiger charge is -2.15. The molecule has 1 aliphatic heterocycles. The molecule has 26 heavy (non-hydrogen) atoms. The van der Waals surface area contributed by atoms with Gasteiger partial charge in [0.05, 0.1) is 4.90 Å². The molecule has 2 aromatic carbocycles. The number of anilines is 2. The zero-order chi connectivity index (χ0) is 18.6. The van der Waals surface area contributed by atoms with Crippen molar-refractivity contribution in [3.8, 4) is 0 Å². The third kappa shape index (κ3) is 2.31. The van der Waals surface area contributed by atoms with E-state index in [0.717, 1.165) is 5.56 Å². The highest BCUT2D eigenvalue weighted by molar-refractivity contribution is 7.90. The van der Waals surface area contributed by atoms with Gasteiger partial charge in [0.25, 0.3) is 10.0 Å². The van der Waals surface area contributed by atoms with Crippen LogP contribution < -0.4 is 16.4 Å². The van der Waals surface area contributed by atoms with Gasteiger partial charge in [0, 0.05) is 30.9 Å². The van der Waals surface area contributed by atoms with E-state index in [1.54, 1.807) is 11.0 Å². The molecule has 0 fully saturated rings. The van der Waals surface area contributed by atoms with Gasteiger partial charge in [0.2, 0.25) is 5.91 Å². The number of amides is 1. The van der Waals surface area contributed by atoms with Gasteiger partial charge in [0.1, 0.15) is 5.52 Å². The Bertz CT molecular complexity index is 1220. The number of oxazole rings is 1. The predicted octanol–water partition coefficient (Wildman–Crippen LogP) is 1.32. The average molecular weight is 373 g/mol. The minimum Gasteiger partial charge on any atom is -0.407 e. The van der Waals surface area contributed by atoms with Gasteiger partial charge in [-0.25, -0.2) is 13.2 Å². The Hall–Kier alpha value is -3.07. The first-order chi connectivity index (χ1) is 12.3. The monoisotopic (exact) mass is 373 g/mol. The highest BCUT2D eigenvalue weighted by Crippen LogP contribution is 2.31. The molecule has 0 saturated heterocycles. The fraction of sp³-hybridized carbons (Fsp3) is 0.176. The van der Waals surface area contributed by atoms with Crippen molar-refractivity contribution in [2.45, 2.75) is 18.2 Å². The van der Waals surface area contributed by atoms with Crippen LogP contribution in [0.4, 0.5) is 11.4 Å². The topological polar surface area (TPSA) is 116 Å². The van der Waals surface area contributed by atoms with Crippen LogP contribution >= 0.6 is 0 Å². The minimum absolute atomic E-state index is 0.0386. The molecule has 0 atom stereocenters. The van der Waals surface area contributed by atoms with Crippen LogP contribution in [0.5, 0.6) is 0 Å². The van der Waals surface area contributed by atoms with E-state index in [1.807, 2.05) is 0 Å². The zero-order valence-electron chi connectivity index (χ0n) is 13.8. The van der Waals surface area contributed by atoms with Crippen LogP contribution in [0.1, 0.15) is 12.5 Å². The van der Waals surface area contributed by atoms with Gasteiger partial charge in [-0.2, -0.15) is 3.97 Å². The fourth-order valence-electron chi connectivity index (χ4n) is 3.21. The number of benzene rings is 2. The Kier molecular flexibility index (Phi) is 3.45. The van der Waals surface area contributed by atoms with E-state index in [0.29, 0.717) is 28.3 Å². The fourth-order valence-corrected chi connectivity index (χ4v) is 4.60. The molecule has 1 aromatic heterocycles. The zero-order valence-corrected chi connectivity index (χ0v) is 14.6. The van der Waals surface area contributed by atoms with E-state index in [1.165, 1.54) is 37.3 Å². The first-order valence-corrected chi connectivity index (χ1v) is 9.31. The molecule has 1 amide bonds. The van der Waals surface area contributed by atoms with Crippen LogP contribution in [0, 0.1) is 0 Å². The summed E-state index contributed by atoms with van der Waals surface area (Å²) in [5.41, 5.74) is 7.66. The van der Waals surface area contributed by atoms with Crippen molar-refractivity contribution in [2.24, 2.45) is 0 Å². The summed E-state index contributed by atoms with van der Waals surface area (Å²) < 4.78 is 31.7. The lowest BCUT2D eigenvalue weighted by Crippen LogP contribution is -2.26. The van der Waals surface area contributed by atoms with Crippen LogP contribution in [0.25, 0.3) is 11.1 Å². The minimum atomic E-state index is -4.16. The molecule has 4 rings (SSSR count). The summed E-state index contributed by atoms with van der Waals surface area (Å²) in [6.45, 7) is 1.96. The second kappa shape index (κ2) is 5.46. The smallest absolute Gasteiger partial charge is 0.407 e. The standard InChI is InChI=1S/C17H15N3O5S/c1-10(21)19-7-6-11-8-13(3-5-14(11)19)26(23,24)20-15-4-2-12(18)9-16(15)25-17(20)22/h2-5,8-9H,6-7,18H2,1H3. The number of nitrogen functional groups attached to an aromatic ring is 1. The van der Waals surface area contributed by atoms with Crippen LogP contribution in [-0.2, 0) is 21.2 Å². The number of nitrogens with zero attached hydrogens (tertiary/aromatic N) is 2. The number of carbonyl (C=O) groups is 1. The van der Waals surface area contributed by atoms with Gasteiger partial charge < -0.3 is 15.1 Å². The molecule has 3 aromatic rings. The number of fused-ring (bicyclic) bond motifs is 2. The lowest BCUT2D eigenvalue weighted by atomic mass is 10.2. The Balaban J connectivity index is 1.88. The summed E-state index contributed by atoms with van der Waals surface area (Å²) in [6, 6.07) is 8.79. The SMILES string of the molecule is CC(=O)N1CCc2cc(S(=O)(=O)n3c(=O)oc4cc(N)ccc43)ccc21. The maximum Gasteiger partial charge on any atom is 0.434 e. The third-order valence-corrected chi connectivity index (χ3v) is 6.11. The van der Waals surface area contributed by atoms with E-state index in [2.05, 4.69) is 0 Å². The second-order valence-corrected chi connectivity index (χ2v) is 7.86. The third-order valence-electron chi connectivity index (χ3n) is 4.43. The van der Waals surface area contributed by atoms with Crippen LogP contribution in [0.2, 0.25) is 0 Å². The largest absolute Gasteiger partial charge is 0.434 e. The molecule has 0 unspecified atom stereocenters. The molecule has 2 N–H and O–H groups in total. The van der Waals surface area contributed by atoms with Gasteiger partial charge in [-0.15, -0.1) is 0 Å². The number of aromatic nitrogens is 1. The van der Waals surface area contributed by atoms with Crippen molar-refractivity contribution in [2.75, 3.05) is 17.2 Å². The van der Waals surface area contributed by atoms with E-state index in [4.69, 9.17) is 10.2 Å². The van der Waals surface area contributed by atoms with E-state index >= 15 is 0 Å². The second-order valence-electron chi connectivity index (χ2n) is 6.08. The van der Waals surface area contributed by atoms with Gasteiger partial charge in [-0.1, -0.05) is 0 Å². The van der Waals surface area contributed by atoms with Crippen molar-refractivity contribution < 1.29 is 17.6 Å². The number of hydrogen-bond acceptors (Lipinski definition) is 6. The molecular formula is C17H15N3O5S. The number of nitrogens with two attached hydrogens (primary N) is 1. The van der Waals surface area contributed by atoms with E-state index < -0.39 is 15.8 Å². The Morgan fingerprint density at radius 1 is 1.19 bits per heavy atom. The van der Waals surface area contributed by atoms with Crippen molar-refractivity contribution in [3.05, 3.63) is 52.5 Å². The van der Waals surface area contributed by atoms with Crippen molar-refractivity contribution in [1.82, 2.24) is 3.97 Å². The highest BCUT2D eigenvalue weighted by Gasteiger charge is 2.28. The number of carbonyl (C=O) groups excluding carboxylic acids is 1. The number of hydrogen-bond donors (Lipinski definition) is 1. The normalized spacial score (nSPS) is 14.0. The van der Waals surface area contributed by atoms with Gasteiger partial charge in [-0.3, -0.25) is 4.79 Å². The number of rotatable bonds is 2. The quantitative estimate of drug-likeness (QED) is 0.678. The van der Waals surface area contributed by atoms with Gasteiger partial charge in [-0.05, 0) is 42.3 Å². The van der Waals surface area contributed by atoms with E-state index in [-0.39, 0.29) is 21.9 Å². The van der Waals surface area contributed by atoms with Crippen LogP contribution in [0.15, 0.2) is 50.5 Å². The van der Waals surface area contributed by atoms with E-state index in [9.17, 15) is 18.0 Å². The molecule has 0 bridgehead atoms. The maximum absolute atomic E-state index is 13.0. The van der Waals surface area contributed by atoms with Crippen molar-refractivity contribution in [1.29, 1.82) is 0 Å². The molecule has 1 aliphatic rings. The lowest BCUT2D eigenvalue weighted by molar-refractivity contribution is -0.116. The summed E-state index contributed by atoms with van der Waals surface area (Å²) in [7, 11) is -4.16. The van der Waals surface area contributed by atoms with Gasteiger partial charge in [0.15, 0.2) is 5.58 Å². The Labute approximate surface area is 148 Å². The maximum atomic E-state index is 13.0. The molecule has 0 radical (unpaired) electrons. The molecule has 8 nitrogen and oxygen atoms in total. The molecular weight excluding hydrogens is 358 g/mol. The summed E-state index contributed by atoms with van der Waals surface area (Å²) in [6.07, 6.45) is 0.551. The summed E-state index contributed by atoms with van der Waals surface area (Å²) in [5, 5.41) is 0. The van der Waals surface area contributed by atoms with Crippen molar-refractivity contribution >= 4 is 38.4 Å². The van der Waals surface area contributed by atoms with Crippen LogP contribution in [0.3, 0.4) is 0 Å². The predicted molar refractivity (Wildman–Crippen MR) is 95.6 cm³/mol. The van der Waals surface area contributed by atoms with Gasteiger partial charge >= 0.3 is 5.76 Å². The van der Waals surface area contributed by atoms with Crippen LogP contribution in [-0.4, -0.2) is 24.8 Å². The summed E-state index contributed by atoms with van der Waals surface area (Å²) in [4.78, 5) is 25.4. The molecule has 0 aliphatic carbocycles. The molecule has 2 heterocycles. The Morgan fingerprint density at radius 3 is 2.69 bits per heavy atom. The molecule has 0 spiro atoms. The van der Waals surface area contributed by atoms with Crippen molar-refractivity contribution in [3.63, 3.8) is 0 Å². The average Bonchev–Trinajstić information content (AvgIpc) is 3.13. The molecule has 134 valence electrons. The summed E-state index contributed by atoms with van der Waals surface area (Å²) >= 11 is 0. The first kappa shape index (κ1) is 16.4. The molecule has 9 heteroatoms. The summed E-state index contributed by atoms with van der Waals surface area (Å²) in [5.74, 6) is -1.11.